The predicted octanol–water partition coefficient (Wildman–Crippen LogP) is 3.09. The van der Waals surface area contributed by atoms with Gasteiger partial charge in [0, 0.05) is 29.8 Å². The zero-order chi connectivity index (χ0) is 13.9. The molecule has 0 N–H and O–H groups in total. The number of hydrogen-bond donors (Lipinski definition) is 0. The van der Waals surface area contributed by atoms with Crippen molar-refractivity contribution in [2.75, 3.05) is 0 Å². The van der Waals surface area contributed by atoms with E-state index in [1.165, 1.54) is 5.39 Å². The van der Waals surface area contributed by atoms with Crippen LogP contribution in [0.15, 0.2) is 47.9 Å². The molecule has 0 aliphatic rings. The maximum Gasteiger partial charge on any atom is 0.191 e. The molecule has 2 aromatic heterocycles. The quantitative estimate of drug-likeness (QED) is 0.691. The van der Waals surface area contributed by atoms with Gasteiger partial charge in [0.25, 0.3) is 0 Å². The highest BCUT2D eigenvalue weighted by Crippen LogP contribution is 2.23. The molecule has 102 valence electrons. The summed E-state index contributed by atoms with van der Waals surface area (Å²) in [6.07, 6.45) is 2.64. The Morgan fingerprint density at radius 1 is 1.20 bits per heavy atom. The summed E-state index contributed by atoms with van der Waals surface area (Å²) in [5.74, 6) is 0. The molecule has 3 rings (SSSR count). The van der Waals surface area contributed by atoms with Crippen molar-refractivity contribution in [1.82, 2.24) is 19.7 Å². The molecular weight excluding hydrogens is 268 g/mol. The van der Waals surface area contributed by atoms with Crippen LogP contribution in [0.1, 0.15) is 12.6 Å². The molecule has 0 spiro atoms. The Balaban J connectivity index is 1.74. The van der Waals surface area contributed by atoms with Gasteiger partial charge in [-0.25, -0.2) is 0 Å². The third-order valence-corrected chi connectivity index (χ3v) is 4.28. The van der Waals surface area contributed by atoms with E-state index in [4.69, 9.17) is 4.98 Å². The first-order valence-electron chi connectivity index (χ1n) is 6.58. The van der Waals surface area contributed by atoms with E-state index in [2.05, 4.69) is 41.4 Å². The molecule has 1 atom stereocenters. The lowest BCUT2D eigenvalue weighted by Gasteiger charge is -2.10. The number of aromatic nitrogens is 4. The lowest BCUT2D eigenvalue weighted by atomic mass is 10.1. The van der Waals surface area contributed by atoms with Gasteiger partial charge >= 0.3 is 0 Å². The van der Waals surface area contributed by atoms with E-state index >= 15 is 0 Å². The Kier molecular flexibility index (Phi) is 3.69. The van der Waals surface area contributed by atoms with E-state index < -0.39 is 0 Å². The zero-order valence-electron chi connectivity index (χ0n) is 11.5. The van der Waals surface area contributed by atoms with Gasteiger partial charge in [-0.05, 0) is 12.1 Å². The molecule has 0 aliphatic carbocycles. The van der Waals surface area contributed by atoms with Crippen LogP contribution in [0.2, 0.25) is 0 Å². The molecule has 0 unspecified atom stereocenters. The summed E-state index contributed by atoms with van der Waals surface area (Å²) < 4.78 is 1.94. The van der Waals surface area contributed by atoms with Gasteiger partial charge < -0.3 is 4.57 Å². The van der Waals surface area contributed by atoms with Crippen LogP contribution in [-0.2, 0) is 13.5 Å². The van der Waals surface area contributed by atoms with Crippen molar-refractivity contribution >= 4 is 22.7 Å². The average Bonchev–Trinajstić information content (AvgIpc) is 2.84. The van der Waals surface area contributed by atoms with Gasteiger partial charge in [0.05, 0.1) is 5.52 Å². The van der Waals surface area contributed by atoms with Crippen molar-refractivity contribution in [2.45, 2.75) is 23.8 Å². The van der Waals surface area contributed by atoms with Crippen LogP contribution in [0.4, 0.5) is 0 Å². The highest BCUT2D eigenvalue weighted by Gasteiger charge is 2.10. The number of hydrogen-bond acceptors (Lipinski definition) is 4. The first kappa shape index (κ1) is 13.1. The topological polar surface area (TPSA) is 43.6 Å². The summed E-state index contributed by atoms with van der Waals surface area (Å²) in [5, 5.41) is 10.5. The molecule has 5 heteroatoms. The van der Waals surface area contributed by atoms with Gasteiger partial charge in [0.2, 0.25) is 0 Å². The highest BCUT2D eigenvalue weighted by atomic mass is 32.2. The molecule has 4 nitrogen and oxygen atoms in total. The minimum absolute atomic E-state index is 0.409. The molecule has 20 heavy (non-hydrogen) atoms. The maximum atomic E-state index is 4.71. The zero-order valence-corrected chi connectivity index (χ0v) is 12.3. The molecule has 0 fully saturated rings. The molecule has 2 heterocycles. The third-order valence-electron chi connectivity index (χ3n) is 3.13. The minimum atomic E-state index is 0.409. The van der Waals surface area contributed by atoms with E-state index in [1.54, 1.807) is 18.1 Å². The second-order valence-corrected chi connectivity index (χ2v) is 6.26. The van der Waals surface area contributed by atoms with Crippen molar-refractivity contribution < 1.29 is 0 Å². The van der Waals surface area contributed by atoms with Crippen LogP contribution in [0.5, 0.6) is 0 Å². The SMILES string of the molecule is C[C@H](Cc1ccc2ccccc2n1)Sc1nncn1C. The Morgan fingerprint density at radius 3 is 2.85 bits per heavy atom. The van der Waals surface area contributed by atoms with E-state index in [-0.39, 0.29) is 0 Å². The highest BCUT2D eigenvalue weighted by molar-refractivity contribution is 7.99. The monoisotopic (exact) mass is 284 g/mol. The third kappa shape index (κ3) is 2.82. The first-order chi connectivity index (χ1) is 9.72. The van der Waals surface area contributed by atoms with Crippen molar-refractivity contribution in [2.24, 2.45) is 7.05 Å². The average molecular weight is 284 g/mol. The minimum Gasteiger partial charge on any atom is -0.312 e. The molecule has 1 aromatic carbocycles. The Hall–Kier alpha value is -1.88. The van der Waals surface area contributed by atoms with Gasteiger partial charge in [-0.1, -0.05) is 43.0 Å². The van der Waals surface area contributed by atoms with Crippen LogP contribution in [0, 0.1) is 0 Å². The molecule has 3 aromatic rings. The standard InChI is InChI=1S/C15H16N4S/c1-11(20-15-18-16-10-19(15)2)9-13-8-7-12-5-3-4-6-14(12)17-13/h3-8,10-11H,9H2,1-2H3/t11-/m1/s1. The maximum absolute atomic E-state index is 4.71. The molecule has 0 saturated heterocycles. The second kappa shape index (κ2) is 5.63. The fraction of sp³-hybridized carbons (Fsp3) is 0.267. The Labute approximate surface area is 122 Å². The van der Waals surface area contributed by atoms with Crippen LogP contribution in [0.25, 0.3) is 10.9 Å². The smallest absolute Gasteiger partial charge is 0.191 e. The molecule has 0 amide bonds. The normalized spacial score (nSPS) is 12.7. The number of nitrogens with zero attached hydrogens (tertiary/aromatic N) is 4. The lowest BCUT2D eigenvalue weighted by Crippen LogP contribution is -2.05. The number of aryl methyl sites for hydroxylation is 1. The summed E-state index contributed by atoms with van der Waals surface area (Å²) in [6, 6.07) is 12.4. The summed E-state index contributed by atoms with van der Waals surface area (Å²) in [4.78, 5) is 4.71. The van der Waals surface area contributed by atoms with Crippen molar-refractivity contribution in [3.05, 3.63) is 48.4 Å². The number of rotatable bonds is 4. The number of fused-ring (bicyclic) bond motifs is 1. The van der Waals surface area contributed by atoms with E-state index in [1.807, 2.05) is 23.7 Å². The molecule has 0 saturated carbocycles. The van der Waals surface area contributed by atoms with E-state index in [0.29, 0.717) is 5.25 Å². The predicted molar refractivity (Wildman–Crippen MR) is 81.8 cm³/mol. The fourth-order valence-corrected chi connectivity index (χ4v) is 3.04. The lowest BCUT2D eigenvalue weighted by molar-refractivity contribution is 0.780. The Morgan fingerprint density at radius 2 is 2.05 bits per heavy atom. The van der Waals surface area contributed by atoms with Crippen LogP contribution in [0.3, 0.4) is 0 Å². The summed E-state index contributed by atoms with van der Waals surface area (Å²) in [5.41, 5.74) is 2.17. The van der Waals surface area contributed by atoms with Crippen molar-refractivity contribution in [3.63, 3.8) is 0 Å². The summed E-state index contributed by atoms with van der Waals surface area (Å²) in [7, 11) is 1.96. The van der Waals surface area contributed by atoms with Crippen LogP contribution in [-0.4, -0.2) is 25.0 Å². The Bertz CT molecular complexity index is 722. The van der Waals surface area contributed by atoms with Crippen molar-refractivity contribution in [1.29, 1.82) is 0 Å². The molecule has 0 bridgehead atoms. The van der Waals surface area contributed by atoms with Gasteiger partial charge in [-0.2, -0.15) is 0 Å². The van der Waals surface area contributed by atoms with Gasteiger partial charge in [0.15, 0.2) is 5.16 Å². The van der Waals surface area contributed by atoms with Gasteiger partial charge in [-0.15, -0.1) is 10.2 Å². The molecule has 0 radical (unpaired) electrons. The van der Waals surface area contributed by atoms with Crippen LogP contribution >= 0.6 is 11.8 Å². The number of pyridine rings is 1. The second-order valence-electron chi connectivity index (χ2n) is 4.85. The van der Waals surface area contributed by atoms with E-state index in [0.717, 1.165) is 22.8 Å². The molecule has 0 aliphatic heterocycles. The first-order valence-corrected chi connectivity index (χ1v) is 7.45. The summed E-state index contributed by atoms with van der Waals surface area (Å²) >= 11 is 1.73. The summed E-state index contributed by atoms with van der Waals surface area (Å²) in [6.45, 7) is 2.19. The molecular formula is C15H16N4S. The number of benzene rings is 1. The van der Waals surface area contributed by atoms with Gasteiger partial charge in [-0.3, -0.25) is 4.98 Å². The van der Waals surface area contributed by atoms with Crippen LogP contribution < -0.4 is 0 Å². The largest absolute Gasteiger partial charge is 0.312 e. The van der Waals surface area contributed by atoms with E-state index in [9.17, 15) is 0 Å². The number of thioether (sulfide) groups is 1. The fourth-order valence-electron chi connectivity index (χ4n) is 2.12. The van der Waals surface area contributed by atoms with Gasteiger partial charge in [0.1, 0.15) is 6.33 Å². The van der Waals surface area contributed by atoms with Crippen molar-refractivity contribution in [3.8, 4) is 0 Å². The number of para-hydroxylation sites is 1.